The predicted molar refractivity (Wildman–Crippen MR) is 139 cm³/mol. The maximum Gasteiger partial charge on any atom is 0.354 e. The van der Waals surface area contributed by atoms with Crippen molar-refractivity contribution < 1.29 is 15.0 Å². The zero-order valence-corrected chi connectivity index (χ0v) is 20.5. The molecule has 2 heterocycles. The van der Waals surface area contributed by atoms with Crippen molar-refractivity contribution in [2.45, 2.75) is 43.4 Å². The number of pyridine rings is 1. The molecule has 8 nitrogen and oxygen atoms in total. The summed E-state index contributed by atoms with van der Waals surface area (Å²) in [5.74, 6) is -1.06. The van der Waals surface area contributed by atoms with Gasteiger partial charge in [0.2, 0.25) is 0 Å². The molecule has 1 unspecified atom stereocenters. The van der Waals surface area contributed by atoms with E-state index in [1.165, 1.54) is 18.0 Å². The number of aromatic carboxylic acids is 1. The number of benzene rings is 2. The van der Waals surface area contributed by atoms with Crippen molar-refractivity contribution in [1.82, 2.24) is 19.9 Å². The second kappa shape index (κ2) is 10.9. The molecular formula is C26H29N5O3S. The van der Waals surface area contributed by atoms with Gasteiger partial charge in [-0.1, -0.05) is 30.3 Å². The summed E-state index contributed by atoms with van der Waals surface area (Å²) in [4.78, 5) is 20.9. The molecule has 0 fully saturated rings. The highest BCUT2D eigenvalue weighted by molar-refractivity contribution is 8.00. The van der Waals surface area contributed by atoms with Crippen molar-refractivity contribution in [3.05, 3.63) is 84.3 Å². The molecule has 35 heavy (non-hydrogen) atoms. The number of carbonyl (C=O) groups is 1. The monoisotopic (exact) mass is 491 g/mol. The SMILES string of the molecule is CC(C)(CCn1cnc2ccc(C(=O)O)nc21)NCC(O)c1cccc(NSc2ccccc2)c1. The average molecular weight is 492 g/mol. The van der Waals surface area contributed by atoms with Crippen molar-refractivity contribution in [2.75, 3.05) is 11.3 Å². The smallest absolute Gasteiger partial charge is 0.354 e. The van der Waals surface area contributed by atoms with Crippen LogP contribution < -0.4 is 10.0 Å². The van der Waals surface area contributed by atoms with Crippen molar-refractivity contribution in [3.8, 4) is 0 Å². The van der Waals surface area contributed by atoms with E-state index < -0.39 is 12.1 Å². The highest BCUT2D eigenvalue weighted by Gasteiger charge is 2.20. The van der Waals surface area contributed by atoms with Crippen LogP contribution in [0.3, 0.4) is 0 Å². The zero-order valence-electron chi connectivity index (χ0n) is 19.7. The van der Waals surface area contributed by atoms with E-state index in [-0.39, 0.29) is 11.2 Å². The lowest BCUT2D eigenvalue weighted by molar-refractivity contribution is 0.0691. The maximum absolute atomic E-state index is 11.3. The number of rotatable bonds is 11. The van der Waals surface area contributed by atoms with Crippen molar-refractivity contribution in [2.24, 2.45) is 0 Å². The van der Waals surface area contributed by atoms with Gasteiger partial charge >= 0.3 is 5.97 Å². The quantitative estimate of drug-likeness (QED) is 0.223. The number of β-amino-alcohol motifs (C(OH)–C–C–N with tert-alkyl or cyclic N) is 1. The minimum Gasteiger partial charge on any atom is -0.477 e. The van der Waals surface area contributed by atoms with Crippen LogP contribution in [0.1, 0.15) is 42.4 Å². The number of aliphatic hydroxyl groups is 1. The third kappa shape index (κ3) is 6.60. The molecule has 4 N–H and O–H groups in total. The first kappa shape index (κ1) is 24.7. The first-order chi connectivity index (χ1) is 16.8. The van der Waals surface area contributed by atoms with Crippen LogP contribution in [0.2, 0.25) is 0 Å². The van der Waals surface area contributed by atoms with E-state index >= 15 is 0 Å². The Balaban J connectivity index is 1.32. The number of aromatic nitrogens is 3. The second-order valence-electron chi connectivity index (χ2n) is 8.96. The van der Waals surface area contributed by atoms with E-state index in [1.807, 2.05) is 59.2 Å². The molecule has 0 amide bonds. The van der Waals surface area contributed by atoms with Gasteiger partial charge < -0.3 is 24.8 Å². The Kier molecular flexibility index (Phi) is 7.70. The van der Waals surface area contributed by atoms with Gasteiger partial charge in [0.05, 0.1) is 12.4 Å². The zero-order chi connectivity index (χ0) is 24.8. The number of nitrogens with zero attached hydrogens (tertiary/aromatic N) is 3. The van der Waals surface area contributed by atoms with Crippen LogP contribution >= 0.6 is 11.9 Å². The van der Waals surface area contributed by atoms with Gasteiger partial charge in [-0.15, -0.1) is 0 Å². The van der Waals surface area contributed by atoms with Crippen LogP contribution in [0.25, 0.3) is 11.2 Å². The second-order valence-corrected chi connectivity index (χ2v) is 9.84. The molecule has 4 rings (SSSR count). The Morgan fingerprint density at radius 3 is 2.69 bits per heavy atom. The summed E-state index contributed by atoms with van der Waals surface area (Å²) in [5, 5.41) is 23.5. The van der Waals surface area contributed by atoms with Crippen LogP contribution in [0.4, 0.5) is 5.69 Å². The van der Waals surface area contributed by atoms with Crippen molar-refractivity contribution in [3.63, 3.8) is 0 Å². The van der Waals surface area contributed by atoms with Gasteiger partial charge in [0.1, 0.15) is 5.52 Å². The fourth-order valence-electron chi connectivity index (χ4n) is 3.62. The number of nitrogens with one attached hydrogen (secondary N) is 2. The molecule has 0 radical (unpaired) electrons. The number of imidazole rings is 1. The van der Waals surface area contributed by atoms with Crippen molar-refractivity contribution >= 4 is 34.8 Å². The van der Waals surface area contributed by atoms with Gasteiger partial charge in [0, 0.05) is 29.2 Å². The number of hydrogen-bond acceptors (Lipinski definition) is 7. The summed E-state index contributed by atoms with van der Waals surface area (Å²) in [7, 11) is 0. The van der Waals surface area contributed by atoms with E-state index in [0.29, 0.717) is 24.3 Å². The van der Waals surface area contributed by atoms with Gasteiger partial charge in [0.15, 0.2) is 11.3 Å². The first-order valence-corrected chi connectivity index (χ1v) is 12.2. The molecule has 2 aromatic carbocycles. The number of aryl methyl sites for hydroxylation is 1. The lowest BCUT2D eigenvalue weighted by atomic mass is 9.99. The largest absolute Gasteiger partial charge is 0.477 e. The van der Waals surface area contributed by atoms with E-state index in [2.05, 4.69) is 33.9 Å². The summed E-state index contributed by atoms with van der Waals surface area (Å²) in [6.07, 6.45) is 1.76. The van der Waals surface area contributed by atoms with E-state index in [1.54, 1.807) is 12.4 Å². The summed E-state index contributed by atoms with van der Waals surface area (Å²) in [6.45, 7) is 5.15. The molecule has 1 atom stereocenters. The fraction of sp³-hybridized carbons (Fsp3) is 0.269. The summed E-state index contributed by atoms with van der Waals surface area (Å²) < 4.78 is 5.19. The van der Waals surface area contributed by atoms with Crippen LogP contribution in [0, 0.1) is 0 Å². The molecule has 0 aliphatic heterocycles. The Bertz CT molecular complexity index is 1290. The normalized spacial score (nSPS) is 12.5. The van der Waals surface area contributed by atoms with Crippen molar-refractivity contribution in [1.29, 1.82) is 0 Å². The molecule has 4 aromatic rings. The Morgan fingerprint density at radius 1 is 1.11 bits per heavy atom. The summed E-state index contributed by atoms with van der Waals surface area (Å²) in [6, 6.07) is 21.0. The average Bonchev–Trinajstić information content (AvgIpc) is 3.28. The number of anilines is 1. The molecule has 0 saturated carbocycles. The van der Waals surface area contributed by atoms with Gasteiger partial charge in [-0.2, -0.15) is 0 Å². The number of fused-ring (bicyclic) bond motifs is 1. The predicted octanol–water partition coefficient (Wildman–Crippen LogP) is 4.74. The molecule has 2 aromatic heterocycles. The first-order valence-electron chi connectivity index (χ1n) is 11.4. The Hall–Kier alpha value is -3.40. The summed E-state index contributed by atoms with van der Waals surface area (Å²) >= 11 is 1.53. The lowest BCUT2D eigenvalue weighted by Crippen LogP contribution is -2.42. The Labute approximate surface area is 208 Å². The molecular weight excluding hydrogens is 462 g/mol. The lowest BCUT2D eigenvalue weighted by Gasteiger charge is -2.28. The molecule has 0 bridgehead atoms. The highest BCUT2D eigenvalue weighted by Crippen LogP contribution is 2.24. The minimum atomic E-state index is -1.06. The standard InChI is InChI=1S/C26H29N5O3S/c1-26(2,13-14-31-17-27-21-11-12-22(25(33)34)29-24(21)31)28-16-23(32)18-7-6-8-19(15-18)30-35-20-9-4-3-5-10-20/h3-12,15,17,23,28,30,32H,13-14,16H2,1-2H3,(H,33,34). The van der Waals surface area contributed by atoms with Crippen LogP contribution in [0.15, 0.2) is 78.0 Å². The van der Waals surface area contributed by atoms with Crippen LogP contribution in [-0.2, 0) is 6.54 Å². The van der Waals surface area contributed by atoms with E-state index in [4.69, 9.17) is 0 Å². The number of carboxylic acids is 1. The number of hydrogen-bond donors (Lipinski definition) is 4. The molecule has 182 valence electrons. The summed E-state index contributed by atoms with van der Waals surface area (Å²) in [5.41, 5.74) is 2.70. The van der Waals surface area contributed by atoms with Gasteiger partial charge in [-0.25, -0.2) is 14.8 Å². The third-order valence-electron chi connectivity index (χ3n) is 5.73. The fourth-order valence-corrected chi connectivity index (χ4v) is 4.27. The third-order valence-corrected chi connectivity index (χ3v) is 6.58. The van der Waals surface area contributed by atoms with Crippen LogP contribution in [-0.4, -0.2) is 42.8 Å². The molecule has 0 aliphatic carbocycles. The van der Waals surface area contributed by atoms with Gasteiger partial charge in [0.25, 0.3) is 0 Å². The Morgan fingerprint density at radius 2 is 1.91 bits per heavy atom. The molecule has 0 saturated heterocycles. The van der Waals surface area contributed by atoms with Crippen LogP contribution in [0.5, 0.6) is 0 Å². The number of aliphatic hydroxyl groups excluding tert-OH is 1. The minimum absolute atomic E-state index is 0.00125. The number of carboxylic acid groups (broad SMARTS) is 1. The molecule has 9 heteroatoms. The highest BCUT2D eigenvalue weighted by atomic mass is 32.2. The van der Waals surface area contributed by atoms with E-state index in [9.17, 15) is 15.0 Å². The topological polar surface area (TPSA) is 112 Å². The van der Waals surface area contributed by atoms with Gasteiger partial charge in [-0.05, 0) is 74.2 Å². The molecule has 0 aliphatic rings. The maximum atomic E-state index is 11.3. The van der Waals surface area contributed by atoms with E-state index in [0.717, 1.165) is 22.6 Å². The molecule has 0 spiro atoms. The van der Waals surface area contributed by atoms with Gasteiger partial charge in [-0.3, -0.25) is 0 Å².